The van der Waals surface area contributed by atoms with Crippen LogP contribution in [0.15, 0.2) is 23.8 Å². The molecular weight excluding hydrogens is 180 g/mol. The fourth-order valence-electron chi connectivity index (χ4n) is 1.42. The Morgan fingerprint density at radius 2 is 2.57 bits per heavy atom. The van der Waals surface area contributed by atoms with Crippen molar-refractivity contribution in [3.8, 4) is 0 Å². The zero-order valence-electron chi connectivity index (χ0n) is 8.23. The lowest BCUT2D eigenvalue weighted by atomic mass is 9.97. The van der Waals surface area contributed by atoms with Crippen molar-refractivity contribution < 1.29 is 9.90 Å². The summed E-state index contributed by atoms with van der Waals surface area (Å²) in [5.74, 6) is -0.985. The zero-order valence-corrected chi connectivity index (χ0v) is 8.23. The Balaban J connectivity index is 2.60. The quantitative estimate of drug-likeness (QED) is 0.605. The molecule has 0 bridgehead atoms. The Bertz CT molecular complexity index is 271. The molecule has 1 aliphatic carbocycles. The second kappa shape index (κ2) is 4.93. The largest absolute Gasteiger partial charge is 0.480 e. The van der Waals surface area contributed by atoms with E-state index in [-0.39, 0.29) is 0 Å². The molecule has 0 aromatic heterocycles. The van der Waals surface area contributed by atoms with Crippen molar-refractivity contribution in [3.05, 3.63) is 23.8 Å². The zero-order chi connectivity index (χ0) is 10.6. The highest BCUT2D eigenvalue weighted by Crippen LogP contribution is 2.16. The molecule has 0 amide bonds. The van der Waals surface area contributed by atoms with Gasteiger partial charge in [0.25, 0.3) is 0 Å². The van der Waals surface area contributed by atoms with Crippen molar-refractivity contribution in [1.29, 1.82) is 0 Å². The van der Waals surface area contributed by atoms with Crippen LogP contribution in [0.4, 0.5) is 0 Å². The maximum atomic E-state index is 10.5. The summed E-state index contributed by atoms with van der Waals surface area (Å²) in [7, 11) is 1.91. The Hall–Kier alpha value is -1.13. The van der Waals surface area contributed by atoms with E-state index in [1.54, 1.807) is 6.08 Å². The molecule has 2 atom stereocenters. The molecule has 0 aromatic rings. The van der Waals surface area contributed by atoms with Crippen LogP contribution < -0.4 is 11.1 Å². The van der Waals surface area contributed by atoms with E-state index >= 15 is 0 Å². The Morgan fingerprint density at radius 1 is 1.86 bits per heavy atom. The molecule has 1 rings (SSSR count). The number of carbonyl (C=O) groups is 1. The normalized spacial score (nSPS) is 26.4. The van der Waals surface area contributed by atoms with Crippen molar-refractivity contribution in [3.63, 3.8) is 0 Å². The Kier molecular flexibility index (Phi) is 3.85. The number of nitrogens with two attached hydrogens (primary N) is 1. The van der Waals surface area contributed by atoms with Gasteiger partial charge in [-0.05, 0) is 19.9 Å². The molecule has 4 N–H and O–H groups in total. The van der Waals surface area contributed by atoms with Gasteiger partial charge in [0.2, 0.25) is 0 Å². The smallest absolute Gasteiger partial charge is 0.324 e. The number of rotatable bonds is 3. The predicted molar refractivity (Wildman–Crippen MR) is 54.9 cm³/mol. The molecule has 4 heteroatoms. The number of allylic oxidation sites excluding steroid dienone is 2. The molecule has 0 fully saturated rings. The van der Waals surface area contributed by atoms with Gasteiger partial charge in [0, 0.05) is 6.04 Å². The number of carboxylic acids is 1. The summed E-state index contributed by atoms with van der Waals surface area (Å²) in [4.78, 5) is 10.5. The van der Waals surface area contributed by atoms with Crippen molar-refractivity contribution in [2.75, 3.05) is 7.05 Å². The minimum Gasteiger partial charge on any atom is -0.480 e. The highest BCUT2D eigenvalue weighted by atomic mass is 16.4. The maximum Gasteiger partial charge on any atom is 0.324 e. The average molecular weight is 196 g/mol. The van der Waals surface area contributed by atoms with Gasteiger partial charge in [-0.2, -0.15) is 0 Å². The van der Waals surface area contributed by atoms with Crippen LogP contribution in [0.5, 0.6) is 0 Å². The third-order valence-corrected chi connectivity index (χ3v) is 2.34. The predicted octanol–water partition coefficient (Wildman–Crippen LogP) is 0.263. The number of hydrogen-bond donors (Lipinski definition) is 3. The van der Waals surface area contributed by atoms with E-state index in [2.05, 4.69) is 5.32 Å². The van der Waals surface area contributed by atoms with Gasteiger partial charge >= 0.3 is 5.97 Å². The molecule has 0 heterocycles. The molecule has 0 aromatic carbocycles. The second-order valence-electron chi connectivity index (χ2n) is 3.40. The molecule has 0 spiro atoms. The van der Waals surface area contributed by atoms with E-state index in [1.165, 1.54) is 0 Å². The molecule has 1 aliphatic rings. The van der Waals surface area contributed by atoms with Gasteiger partial charge in [0.15, 0.2) is 0 Å². The first-order valence-corrected chi connectivity index (χ1v) is 4.68. The molecule has 1 unspecified atom stereocenters. The lowest BCUT2D eigenvalue weighted by molar-refractivity contribution is -0.137. The van der Waals surface area contributed by atoms with E-state index in [0.717, 1.165) is 18.4 Å². The lowest BCUT2D eigenvalue weighted by Gasteiger charge is -2.17. The van der Waals surface area contributed by atoms with Crippen LogP contribution >= 0.6 is 0 Å². The summed E-state index contributed by atoms with van der Waals surface area (Å²) >= 11 is 0. The Labute approximate surface area is 83.5 Å². The number of nitrogens with one attached hydrogen (secondary N) is 1. The standard InChI is InChI=1S/C10H16N2O2/c1-12-8-4-2-7(3-5-8)6-9(11)10(13)14/h2,4,6,8-9,12H,3,5,11H2,1H3,(H,13,14)/b7-6+/t8-,9?/m0/s1. The van der Waals surface area contributed by atoms with Crippen LogP contribution in [0.1, 0.15) is 12.8 Å². The molecule has 4 nitrogen and oxygen atoms in total. The minimum atomic E-state index is -0.985. The van der Waals surface area contributed by atoms with Crippen molar-refractivity contribution in [1.82, 2.24) is 5.32 Å². The van der Waals surface area contributed by atoms with Gasteiger partial charge in [-0.3, -0.25) is 4.79 Å². The van der Waals surface area contributed by atoms with Crippen LogP contribution in [0.3, 0.4) is 0 Å². The van der Waals surface area contributed by atoms with Crippen molar-refractivity contribution in [2.24, 2.45) is 5.73 Å². The van der Waals surface area contributed by atoms with Crippen LogP contribution in [0.2, 0.25) is 0 Å². The van der Waals surface area contributed by atoms with Gasteiger partial charge in [0.1, 0.15) is 6.04 Å². The van der Waals surface area contributed by atoms with Gasteiger partial charge in [-0.25, -0.2) is 0 Å². The molecular formula is C10H16N2O2. The van der Waals surface area contributed by atoms with Crippen molar-refractivity contribution in [2.45, 2.75) is 24.9 Å². The highest BCUT2D eigenvalue weighted by molar-refractivity contribution is 5.75. The first-order chi connectivity index (χ1) is 6.63. The fraction of sp³-hybridized carbons (Fsp3) is 0.500. The van der Waals surface area contributed by atoms with E-state index in [9.17, 15) is 4.79 Å². The second-order valence-corrected chi connectivity index (χ2v) is 3.40. The SMILES string of the molecule is CN[C@H]1C=C/C(=C\C(N)C(=O)O)CC1. The average Bonchev–Trinajstić information content (AvgIpc) is 2.19. The van der Waals surface area contributed by atoms with E-state index in [0.29, 0.717) is 6.04 Å². The van der Waals surface area contributed by atoms with Gasteiger partial charge < -0.3 is 16.2 Å². The summed E-state index contributed by atoms with van der Waals surface area (Å²) in [5.41, 5.74) is 6.39. The number of aliphatic carboxylic acids is 1. The number of likely N-dealkylation sites (N-methyl/N-ethyl adjacent to an activating group) is 1. The van der Waals surface area contributed by atoms with Crippen LogP contribution in [0, 0.1) is 0 Å². The Morgan fingerprint density at radius 3 is 3.00 bits per heavy atom. The summed E-state index contributed by atoms with van der Waals surface area (Å²) in [6, 6.07) is -0.492. The first-order valence-electron chi connectivity index (χ1n) is 4.68. The van der Waals surface area contributed by atoms with E-state index in [4.69, 9.17) is 10.8 Å². The van der Waals surface area contributed by atoms with Crippen molar-refractivity contribution >= 4 is 5.97 Å². The molecule has 14 heavy (non-hydrogen) atoms. The first kappa shape index (κ1) is 10.9. The molecule has 78 valence electrons. The fourth-order valence-corrected chi connectivity index (χ4v) is 1.42. The third kappa shape index (κ3) is 2.97. The van der Waals surface area contributed by atoms with E-state index < -0.39 is 12.0 Å². The minimum absolute atomic E-state index is 0.396. The van der Waals surface area contributed by atoms with Crippen LogP contribution in [0.25, 0.3) is 0 Å². The summed E-state index contributed by atoms with van der Waals surface area (Å²) < 4.78 is 0. The van der Waals surface area contributed by atoms with Gasteiger partial charge in [-0.1, -0.05) is 23.8 Å². The number of carboxylic acid groups (broad SMARTS) is 1. The number of hydrogen-bond acceptors (Lipinski definition) is 3. The molecule has 0 aliphatic heterocycles. The molecule has 0 radical (unpaired) electrons. The summed E-state index contributed by atoms with van der Waals surface area (Å²) in [6.45, 7) is 0. The highest BCUT2D eigenvalue weighted by Gasteiger charge is 2.12. The van der Waals surface area contributed by atoms with E-state index in [1.807, 2.05) is 19.2 Å². The summed E-state index contributed by atoms with van der Waals surface area (Å²) in [6.07, 6.45) is 7.44. The van der Waals surface area contributed by atoms with Gasteiger partial charge in [-0.15, -0.1) is 0 Å². The van der Waals surface area contributed by atoms with Crippen LogP contribution in [-0.4, -0.2) is 30.2 Å². The summed E-state index contributed by atoms with van der Waals surface area (Å²) in [5, 5.41) is 11.7. The topological polar surface area (TPSA) is 75.3 Å². The molecule has 0 saturated carbocycles. The van der Waals surface area contributed by atoms with Crippen LogP contribution in [-0.2, 0) is 4.79 Å². The molecule has 0 saturated heterocycles. The third-order valence-electron chi connectivity index (χ3n) is 2.34. The lowest BCUT2D eigenvalue weighted by Crippen LogP contribution is -2.29. The van der Waals surface area contributed by atoms with Gasteiger partial charge in [0.05, 0.1) is 0 Å². The maximum absolute atomic E-state index is 10.5. The monoisotopic (exact) mass is 196 g/mol.